The zero-order valence-corrected chi connectivity index (χ0v) is 18.9. The van der Waals surface area contributed by atoms with Crippen molar-refractivity contribution >= 4 is 39.7 Å². The van der Waals surface area contributed by atoms with E-state index >= 15 is 0 Å². The molecule has 0 saturated carbocycles. The van der Waals surface area contributed by atoms with E-state index in [2.05, 4.69) is 49.7 Å². The molecule has 1 unspecified atom stereocenters. The lowest BCUT2D eigenvalue weighted by Gasteiger charge is -2.34. The van der Waals surface area contributed by atoms with Gasteiger partial charge in [-0.1, -0.05) is 44.0 Å². The normalized spacial score (nSPS) is 12.4. The van der Waals surface area contributed by atoms with Crippen LogP contribution in [0.5, 0.6) is 0 Å². The molecule has 0 amide bonds. The number of nitrogens with zero attached hydrogens (tertiary/aromatic N) is 3. The van der Waals surface area contributed by atoms with Gasteiger partial charge < -0.3 is 4.90 Å². The van der Waals surface area contributed by atoms with Gasteiger partial charge in [0.1, 0.15) is 0 Å². The molecule has 1 aromatic carbocycles. The first kappa shape index (κ1) is 21.1. The number of aryl methyl sites for hydroxylation is 1. The molecule has 0 bridgehead atoms. The molecule has 2 aromatic heterocycles. The van der Waals surface area contributed by atoms with E-state index in [1.54, 1.807) is 17.4 Å². The third-order valence-electron chi connectivity index (χ3n) is 4.70. The van der Waals surface area contributed by atoms with Gasteiger partial charge in [-0.2, -0.15) is 0 Å². The van der Waals surface area contributed by atoms with Crippen molar-refractivity contribution in [1.29, 1.82) is 0 Å². The number of hydrogen-bond acceptors (Lipinski definition) is 4. The molecule has 3 aromatic rings. The molecule has 3 nitrogen and oxygen atoms in total. The van der Waals surface area contributed by atoms with Crippen molar-refractivity contribution in [3.63, 3.8) is 0 Å². The summed E-state index contributed by atoms with van der Waals surface area (Å²) in [5.74, 6) is 0.431. The van der Waals surface area contributed by atoms with Crippen molar-refractivity contribution in [2.45, 2.75) is 40.2 Å². The maximum atomic E-state index is 6.45. The predicted octanol–water partition coefficient (Wildman–Crippen LogP) is 7.43. The van der Waals surface area contributed by atoms with E-state index < -0.39 is 0 Å². The lowest BCUT2D eigenvalue weighted by atomic mass is 9.95. The van der Waals surface area contributed by atoms with E-state index in [0.717, 1.165) is 34.2 Å². The van der Waals surface area contributed by atoms with Crippen molar-refractivity contribution < 1.29 is 0 Å². The minimum Gasteiger partial charge on any atom is -0.341 e. The summed E-state index contributed by atoms with van der Waals surface area (Å²) in [6.45, 7) is 9.75. The molecule has 0 radical (unpaired) electrons. The van der Waals surface area contributed by atoms with Crippen LogP contribution in [0.2, 0.25) is 10.0 Å². The number of pyridine rings is 1. The van der Waals surface area contributed by atoms with E-state index in [1.165, 1.54) is 5.56 Å². The highest BCUT2D eigenvalue weighted by Gasteiger charge is 2.27. The molecule has 2 heterocycles. The number of anilines is 1. The average Bonchev–Trinajstić information content (AvgIpc) is 3.03. The first-order valence-electron chi connectivity index (χ1n) is 9.51. The van der Waals surface area contributed by atoms with Gasteiger partial charge in [0.05, 0.1) is 16.8 Å². The minimum absolute atomic E-state index is 0.238. The number of benzene rings is 1. The molecule has 0 aliphatic rings. The van der Waals surface area contributed by atoms with Gasteiger partial charge in [-0.25, -0.2) is 4.98 Å². The van der Waals surface area contributed by atoms with Gasteiger partial charge in [0.2, 0.25) is 0 Å². The Bertz CT molecular complexity index is 925. The Morgan fingerprint density at radius 1 is 1.11 bits per heavy atom. The molecule has 1 atom stereocenters. The van der Waals surface area contributed by atoms with Gasteiger partial charge in [0.25, 0.3) is 0 Å². The largest absolute Gasteiger partial charge is 0.341 e. The molecule has 0 aliphatic carbocycles. The molecule has 0 saturated heterocycles. The van der Waals surface area contributed by atoms with Crippen molar-refractivity contribution in [3.05, 3.63) is 63.2 Å². The van der Waals surface area contributed by atoms with Crippen LogP contribution in [-0.4, -0.2) is 16.5 Å². The van der Waals surface area contributed by atoms with Crippen LogP contribution < -0.4 is 4.90 Å². The summed E-state index contributed by atoms with van der Waals surface area (Å²) in [5, 5.41) is 2.28. The molecule has 0 spiro atoms. The third-order valence-corrected chi connectivity index (χ3v) is 6.25. The van der Waals surface area contributed by atoms with E-state index in [0.29, 0.717) is 16.0 Å². The number of rotatable bonds is 7. The van der Waals surface area contributed by atoms with Crippen molar-refractivity contribution in [2.75, 3.05) is 11.4 Å². The van der Waals surface area contributed by atoms with Gasteiger partial charge in [0, 0.05) is 34.4 Å². The first-order chi connectivity index (χ1) is 13.4. The Kier molecular flexibility index (Phi) is 6.97. The van der Waals surface area contributed by atoms with Crippen LogP contribution in [0, 0.1) is 12.8 Å². The first-order valence-corrected chi connectivity index (χ1v) is 11.1. The summed E-state index contributed by atoms with van der Waals surface area (Å²) in [6, 6.07) is 10.0. The summed E-state index contributed by atoms with van der Waals surface area (Å²) in [4.78, 5) is 12.8. The third kappa shape index (κ3) is 4.51. The topological polar surface area (TPSA) is 29.0 Å². The Morgan fingerprint density at radius 2 is 1.82 bits per heavy atom. The van der Waals surface area contributed by atoms with E-state index in [-0.39, 0.29) is 6.04 Å². The molecule has 148 valence electrons. The zero-order valence-electron chi connectivity index (χ0n) is 16.6. The number of hydrogen-bond donors (Lipinski definition) is 0. The smallest absolute Gasteiger partial charge is 0.186 e. The lowest BCUT2D eigenvalue weighted by Crippen LogP contribution is -2.32. The maximum absolute atomic E-state index is 6.45. The summed E-state index contributed by atoms with van der Waals surface area (Å²) < 4.78 is 0. The Hall–Kier alpha value is -1.62. The van der Waals surface area contributed by atoms with Crippen LogP contribution in [0.25, 0.3) is 11.3 Å². The van der Waals surface area contributed by atoms with Crippen molar-refractivity contribution in [3.8, 4) is 11.3 Å². The lowest BCUT2D eigenvalue weighted by molar-refractivity contribution is 0.467. The van der Waals surface area contributed by atoms with Crippen LogP contribution in [0.15, 0.2) is 42.7 Å². The standard InChI is InChI=1S/C22H25Cl2N3S/c1-5-12-27(21(14(2)3)16-8-10-25-11-9-16)22-26-20(15(4)28-22)18-7-6-17(23)13-19(18)24/h6-11,13-14,21H,5,12H2,1-4H3. The van der Waals surface area contributed by atoms with Crippen LogP contribution in [-0.2, 0) is 0 Å². The van der Waals surface area contributed by atoms with Gasteiger partial charge in [0.15, 0.2) is 5.13 Å². The quantitative estimate of drug-likeness (QED) is 0.387. The summed E-state index contributed by atoms with van der Waals surface area (Å²) >= 11 is 14.2. The second kappa shape index (κ2) is 9.25. The second-order valence-corrected chi connectivity index (χ2v) is 9.21. The van der Waals surface area contributed by atoms with Gasteiger partial charge in [-0.3, -0.25) is 4.98 Å². The minimum atomic E-state index is 0.238. The second-order valence-electron chi connectivity index (χ2n) is 7.19. The molecule has 6 heteroatoms. The van der Waals surface area contributed by atoms with Crippen LogP contribution in [0.1, 0.15) is 43.7 Å². The highest BCUT2D eigenvalue weighted by atomic mass is 35.5. The predicted molar refractivity (Wildman–Crippen MR) is 122 cm³/mol. The van der Waals surface area contributed by atoms with Crippen LogP contribution in [0.4, 0.5) is 5.13 Å². The van der Waals surface area contributed by atoms with Crippen LogP contribution >= 0.6 is 34.5 Å². The number of aromatic nitrogens is 2. The highest BCUT2D eigenvalue weighted by molar-refractivity contribution is 7.16. The summed E-state index contributed by atoms with van der Waals surface area (Å²) in [7, 11) is 0. The SMILES string of the molecule is CCCN(c1nc(-c2ccc(Cl)cc2Cl)c(C)s1)C(c1ccncc1)C(C)C. The maximum Gasteiger partial charge on any atom is 0.186 e. The molecular formula is C22H25Cl2N3S. The average molecular weight is 434 g/mol. The summed E-state index contributed by atoms with van der Waals surface area (Å²) in [6.07, 6.45) is 4.77. The Morgan fingerprint density at radius 3 is 2.43 bits per heavy atom. The van der Waals surface area contributed by atoms with Crippen LogP contribution in [0.3, 0.4) is 0 Å². The Balaban J connectivity index is 2.05. The fourth-order valence-corrected chi connectivity index (χ4v) is 5.00. The molecule has 3 rings (SSSR count). The van der Waals surface area contributed by atoms with Gasteiger partial charge >= 0.3 is 0 Å². The zero-order chi connectivity index (χ0) is 20.3. The van der Waals surface area contributed by atoms with E-state index in [1.807, 2.05) is 24.5 Å². The fourth-order valence-electron chi connectivity index (χ4n) is 3.52. The van der Waals surface area contributed by atoms with Gasteiger partial charge in [-0.05, 0) is 55.2 Å². The summed E-state index contributed by atoms with van der Waals surface area (Å²) in [5.41, 5.74) is 3.12. The molecule has 28 heavy (non-hydrogen) atoms. The fraction of sp³-hybridized carbons (Fsp3) is 0.364. The molecule has 0 N–H and O–H groups in total. The Labute approximate surface area is 181 Å². The molecule has 0 fully saturated rings. The van der Waals surface area contributed by atoms with E-state index in [9.17, 15) is 0 Å². The van der Waals surface area contributed by atoms with Crippen molar-refractivity contribution in [1.82, 2.24) is 9.97 Å². The molecule has 0 aliphatic heterocycles. The molecular weight excluding hydrogens is 409 g/mol. The monoisotopic (exact) mass is 433 g/mol. The van der Waals surface area contributed by atoms with E-state index in [4.69, 9.17) is 28.2 Å². The highest BCUT2D eigenvalue weighted by Crippen LogP contribution is 2.40. The van der Waals surface area contributed by atoms with Gasteiger partial charge in [-0.15, -0.1) is 11.3 Å². The number of thiazole rings is 1. The van der Waals surface area contributed by atoms with Crippen molar-refractivity contribution in [2.24, 2.45) is 5.92 Å². The number of halogens is 2.